The number of thiazole rings is 1. The molecule has 0 saturated carbocycles. The molecule has 1 heterocycles. The average Bonchev–Trinajstić information content (AvgIpc) is 3.11. The minimum atomic E-state index is -0.939. The Balaban J connectivity index is 1.62. The number of aliphatic carboxylic acids is 1. The van der Waals surface area contributed by atoms with Crippen molar-refractivity contribution in [2.45, 2.75) is 19.3 Å². The first-order chi connectivity index (χ1) is 12.6. The zero-order valence-electron chi connectivity index (χ0n) is 14.2. The molecule has 0 spiro atoms. The van der Waals surface area contributed by atoms with E-state index in [0.717, 1.165) is 16.1 Å². The van der Waals surface area contributed by atoms with E-state index in [4.69, 9.17) is 0 Å². The fourth-order valence-electron chi connectivity index (χ4n) is 2.80. The summed E-state index contributed by atoms with van der Waals surface area (Å²) in [5, 5.41) is 12.2. The number of rotatable bonds is 8. The lowest BCUT2D eigenvalue weighted by Gasteiger charge is -2.11. The maximum Gasteiger partial charge on any atom is 0.307 e. The van der Waals surface area contributed by atoms with Crippen LogP contribution in [-0.2, 0) is 22.4 Å². The smallest absolute Gasteiger partial charge is 0.307 e. The Morgan fingerprint density at radius 3 is 2.31 bits per heavy atom. The van der Waals surface area contributed by atoms with Gasteiger partial charge in [-0.15, -0.1) is 11.3 Å². The number of carbonyl (C=O) groups is 2. The molecule has 0 aliphatic carbocycles. The van der Waals surface area contributed by atoms with E-state index in [0.29, 0.717) is 12.1 Å². The highest BCUT2D eigenvalue weighted by Gasteiger charge is 2.22. The first-order valence-corrected chi connectivity index (χ1v) is 9.28. The zero-order chi connectivity index (χ0) is 18.4. The molecule has 132 valence electrons. The molecule has 0 aliphatic heterocycles. The molecule has 0 radical (unpaired) electrons. The van der Waals surface area contributed by atoms with E-state index in [1.54, 1.807) is 0 Å². The predicted octanol–water partition coefficient (Wildman–Crippen LogP) is 4.26. The standard InChI is InChI=1S/C21H19NO3S/c23-19(12-17(21(24)25)11-15-7-3-1-4-8-15)13-18-14-26-20(22-18)16-9-5-2-6-10-16/h1-10,14,17H,11-13H2,(H,24,25)/t17-/m0/s1. The fraction of sp³-hybridized carbons (Fsp3) is 0.190. The summed E-state index contributed by atoms with van der Waals surface area (Å²) >= 11 is 1.49. The van der Waals surface area contributed by atoms with E-state index in [-0.39, 0.29) is 18.6 Å². The number of hydrogen-bond donors (Lipinski definition) is 1. The molecule has 0 aliphatic rings. The number of carbonyl (C=O) groups excluding carboxylic acids is 1. The van der Waals surface area contributed by atoms with Crippen LogP contribution in [0.25, 0.3) is 10.6 Å². The van der Waals surface area contributed by atoms with Crippen LogP contribution in [-0.4, -0.2) is 21.8 Å². The van der Waals surface area contributed by atoms with E-state index in [1.807, 2.05) is 66.0 Å². The van der Waals surface area contributed by atoms with Crippen LogP contribution in [0, 0.1) is 5.92 Å². The van der Waals surface area contributed by atoms with Crippen molar-refractivity contribution in [2.24, 2.45) is 5.92 Å². The zero-order valence-corrected chi connectivity index (χ0v) is 15.0. The number of nitrogens with zero attached hydrogens (tertiary/aromatic N) is 1. The number of carboxylic acids is 1. The van der Waals surface area contributed by atoms with Gasteiger partial charge in [-0.3, -0.25) is 9.59 Å². The lowest BCUT2D eigenvalue weighted by Crippen LogP contribution is -2.21. The van der Waals surface area contributed by atoms with Crippen LogP contribution in [0.5, 0.6) is 0 Å². The quantitative estimate of drug-likeness (QED) is 0.648. The Hall–Kier alpha value is -2.79. The van der Waals surface area contributed by atoms with Gasteiger partial charge in [0.05, 0.1) is 11.6 Å². The van der Waals surface area contributed by atoms with Crippen LogP contribution < -0.4 is 0 Å². The molecule has 0 fully saturated rings. The summed E-state index contributed by atoms with van der Waals surface area (Å²) in [7, 11) is 0. The highest BCUT2D eigenvalue weighted by atomic mass is 32.1. The van der Waals surface area contributed by atoms with Crippen molar-refractivity contribution in [2.75, 3.05) is 0 Å². The number of benzene rings is 2. The molecular formula is C21H19NO3S. The third kappa shape index (κ3) is 4.86. The summed E-state index contributed by atoms with van der Waals surface area (Å²) in [6, 6.07) is 19.2. The van der Waals surface area contributed by atoms with E-state index in [9.17, 15) is 14.7 Å². The minimum absolute atomic E-state index is 0.0163. The lowest BCUT2D eigenvalue weighted by atomic mass is 9.93. The van der Waals surface area contributed by atoms with Gasteiger partial charge in [-0.25, -0.2) is 4.98 Å². The lowest BCUT2D eigenvalue weighted by molar-refractivity contribution is -0.143. The van der Waals surface area contributed by atoms with Crippen molar-refractivity contribution in [3.63, 3.8) is 0 Å². The molecule has 3 aromatic rings. The van der Waals surface area contributed by atoms with Crippen molar-refractivity contribution in [1.29, 1.82) is 0 Å². The number of ketones is 1. The van der Waals surface area contributed by atoms with Crippen molar-refractivity contribution >= 4 is 23.1 Å². The second kappa shape index (κ2) is 8.54. The number of hydrogen-bond acceptors (Lipinski definition) is 4. The summed E-state index contributed by atoms with van der Waals surface area (Å²) < 4.78 is 0. The first-order valence-electron chi connectivity index (χ1n) is 8.40. The topological polar surface area (TPSA) is 67.3 Å². The number of carboxylic acid groups (broad SMARTS) is 1. The van der Waals surface area contributed by atoms with Crippen LogP contribution in [0.15, 0.2) is 66.0 Å². The molecule has 4 nitrogen and oxygen atoms in total. The molecule has 0 saturated heterocycles. The Morgan fingerprint density at radius 1 is 1.00 bits per heavy atom. The van der Waals surface area contributed by atoms with E-state index in [1.165, 1.54) is 11.3 Å². The molecule has 2 aromatic carbocycles. The molecule has 5 heteroatoms. The second-order valence-corrected chi connectivity index (χ2v) is 7.01. The highest BCUT2D eigenvalue weighted by molar-refractivity contribution is 7.13. The molecule has 3 rings (SSSR count). The summed E-state index contributed by atoms with van der Waals surface area (Å²) in [6.45, 7) is 0. The molecule has 0 amide bonds. The Morgan fingerprint density at radius 2 is 1.65 bits per heavy atom. The van der Waals surface area contributed by atoms with Crippen molar-refractivity contribution in [3.8, 4) is 10.6 Å². The second-order valence-electron chi connectivity index (χ2n) is 6.15. The van der Waals surface area contributed by atoms with Crippen molar-refractivity contribution in [3.05, 3.63) is 77.3 Å². The van der Waals surface area contributed by atoms with Crippen LogP contribution >= 0.6 is 11.3 Å². The third-order valence-electron chi connectivity index (χ3n) is 4.10. The van der Waals surface area contributed by atoms with Gasteiger partial charge in [-0.2, -0.15) is 0 Å². The normalized spacial score (nSPS) is 11.8. The molecular weight excluding hydrogens is 346 g/mol. The van der Waals surface area contributed by atoms with Gasteiger partial charge in [-0.05, 0) is 12.0 Å². The molecule has 0 bridgehead atoms. The Labute approximate surface area is 156 Å². The van der Waals surface area contributed by atoms with Crippen LogP contribution in [0.2, 0.25) is 0 Å². The molecule has 1 atom stereocenters. The molecule has 0 unspecified atom stereocenters. The monoisotopic (exact) mass is 365 g/mol. The van der Waals surface area contributed by atoms with Gasteiger partial charge in [0, 0.05) is 23.8 Å². The van der Waals surface area contributed by atoms with Gasteiger partial charge in [0.1, 0.15) is 10.8 Å². The van der Waals surface area contributed by atoms with Crippen LogP contribution in [0.3, 0.4) is 0 Å². The molecule has 1 aromatic heterocycles. The number of aromatic nitrogens is 1. The maximum atomic E-state index is 12.4. The van der Waals surface area contributed by atoms with Crippen molar-refractivity contribution < 1.29 is 14.7 Å². The van der Waals surface area contributed by atoms with Gasteiger partial charge >= 0.3 is 5.97 Å². The Bertz CT molecular complexity index is 875. The summed E-state index contributed by atoms with van der Waals surface area (Å²) in [5.41, 5.74) is 2.64. The third-order valence-corrected chi connectivity index (χ3v) is 5.04. The van der Waals surface area contributed by atoms with Gasteiger partial charge in [0.25, 0.3) is 0 Å². The van der Waals surface area contributed by atoms with Crippen molar-refractivity contribution in [1.82, 2.24) is 4.98 Å². The summed E-state index contributed by atoms with van der Waals surface area (Å²) in [6.07, 6.45) is 0.540. The summed E-state index contributed by atoms with van der Waals surface area (Å²) in [5.74, 6) is -1.75. The van der Waals surface area contributed by atoms with Gasteiger partial charge < -0.3 is 5.11 Å². The van der Waals surface area contributed by atoms with E-state index in [2.05, 4.69) is 4.98 Å². The Kier molecular flexibility index (Phi) is 5.92. The van der Waals surface area contributed by atoms with Crippen LogP contribution in [0.1, 0.15) is 17.7 Å². The van der Waals surface area contributed by atoms with Gasteiger partial charge in [-0.1, -0.05) is 60.7 Å². The number of Topliss-reactive ketones (excluding diaryl/α,β-unsaturated/α-hetero) is 1. The summed E-state index contributed by atoms with van der Waals surface area (Å²) in [4.78, 5) is 28.4. The highest BCUT2D eigenvalue weighted by Crippen LogP contribution is 2.24. The van der Waals surface area contributed by atoms with E-state index < -0.39 is 11.9 Å². The minimum Gasteiger partial charge on any atom is -0.481 e. The SMILES string of the molecule is O=C(Cc1csc(-c2ccccc2)n1)C[C@H](Cc1ccccc1)C(=O)O. The maximum absolute atomic E-state index is 12.4. The fourth-order valence-corrected chi connectivity index (χ4v) is 3.62. The van der Waals surface area contributed by atoms with Gasteiger partial charge in [0.2, 0.25) is 0 Å². The largest absolute Gasteiger partial charge is 0.481 e. The van der Waals surface area contributed by atoms with Gasteiger partial charge in [0.15, 0.2) is 0 Å². The van der Waals surface area contributed by atoms with E-state index >= 15 is 0 Å². The predicted molar refractivity (Wildman–Crippen MR) is 102 cm³/mol. The van der Waals surface area contributed by atoms with Crippen LogP contribution in [0.4, 0.5) is 0 Å². The average molecular weight is 365 g/mol. The molecule has 26 heavy (non-hydrogen) atoms. The molecule has 1 N–H and O–H groups in total. The first kappa shape index (κ1) is 18.0.